The standard InChI is InChI=1S/C25H23N3O5S2.C6H12.C4H10/c29-23(14-7-17-5-8-18(9-6-17)24(30)26-15-16-35(31,32)33)27-20-12-10-19(11-13-20)25-28-21-3-1-2-4-22(21)34-25;1-2-4-6-5-3-1;1-4(2)3/h1-6,8-13H,7,14-16H2,(H,26,30)(H,27,29)(H,31,32,33);1-6H2;4H,1-3H3. The Kier molecular flexibility index (Phi) is 14.7. The first-order valence-corrected chi connectivity index (χ1v) is 18.0. The minimum absolute atomic E-state index is 0.121. The number of hydrogen-bond donors (Lipinski definition) is 3. The molecule has 1 heterocycles. The summed E-state index contributed by atoms with van der Waals surface area (Å²) < 4.78 is 31.3. The zero-order chi connectivity index (χ0) is 32.7. The molecule has 1 fully saturated rings. The Hall–Kier alpha value is -3.60. The number of amides is 2. The number of nitrogens with one attached hydrogen (secondary N) is 2. The van der Waals surface area contributed by atoms with Gasteiger partial charge in [0.2, 0.25) is 5.91 Å². The van der Waals surface area contributed by atoms with Crippen LogP contribution in [0.15, 0.2) is 72.8 Å². The molecule has 0 saturated heterocycles. The average Bonchev–Trinajstić information content (AvgIpc) is 3.45. The van der Waals surface area contributed by atoms with E-state index in [1.807, 2.05) is 48.5 Å². The van der Waals surface area contributed by atoms with E-state index >= 15 is 0 Å². The molecule has 8 nitrogen and oxygen atoms in total. The normalized spacial score (nSPS) is 12.8. The third-order valence-corrected chi connectivity index (χ3v) is 8.52. The van der Waals surface area contributed by atoms with Crippen molar-refractivity contribution in [1.29, 1.82) is 0 Å². The molecular formula is C35H45N3O5S2. The van der Waals surface area contributed by atoms with Crippen LogP contribution in [-0.4, -0.2) is 42.1 Å². The number of carbonyl (C=O) groups excluding carboxylic acids is 2. The summed E-state index contributed by atoms with van der Waals surface area (Å²) in [5.41, 5.74) is 3.92. The Bertz CT molecular complexity index is 1550. The van der Waals surface area contributed by atoms with Crippen molar-refractivity contribution in [1.82, 2.24) is 10.3 Å². The maximum Gasteiger partial charge on any atom is 0.266 e. The van der Waals surface area contributed by atoms with Crippen molar-refractivity contribution in [3.63, 3.8) is 0 Å². The first-order valence-electron chi connectivity index (χ1n) is 15.6. The van der Waals surface area contributed by atoms with Crippen LogP contribution < -0.4 is 10.6 Å². The topological polar surface area (TPSA) is 125 Å². The molecule has 0 bridgehead atoms. The van der Waals surface area contributed by atoms with E-state index in [-0.39, 0.29) is 18.9 Å². The van der Waals surface area contributed by atoms with Gasteiger partial charge in [-0.2, -0.15) is 8.42 Å². The lowest BCUT2D eigenvalue weighted by Crippen LogP contribution is -2.28. The SMILES string of the molecule is C1CCCCC1.CC(C)C.O=C(CCc1ccc(C(=O)NCCS(=O)(=O)O)cc1)Nc1ccc(-c2nc3ccccc3s2)cc1. The Morgan fingerprint density at radius 3 is 2.00 bits per heavy atom. The fraction of sp³-hybridized carbons (Fsp3) is 0.400. The molecule has 0 atom stereocenters. The highest BCUT2D eigenvalue weighted by Crippen LogP contribution is 2.30. The summed E-state index contributed by atoms with van der Waals surface area (Å²) in [6.45, 7) is 6.32. The van der Waals surface area contributed by atoms with E-state index in [4.69, 9.17) is 4.55 Å². The van der Waals surface area contributed by atoms with Crippen molar-refractivity contribution >= 4 is 49.2 Å². The molecule has 1 aromatic heterocycles. The Balaban J connectivity index is 0.000000473. The number of anilines is 1. The summed E-state index contributed by atoms with van der Waals surface area (Å²) in [4.78, 5) is 29.0. The van der Waals surface area contributed by atoms with E-state index in [1.54, 1.807) is 35.6 Å². The molecule has 1 aliphatic carbocycles. The van der Waals surface area contributed by atoms with Crippen LogP contribution in [0.4, 0.5) is 5.69 Å². The zero-order valence-electron chi connectivity index (χ0n) is 26.4. The number of hydrogen-bond acceptors (Lipinski definition) is 6. The molecule has 1 aliphatic rings. The fourth-order valence-electron chi connectivity index (χ4n) is 4.45. The lowest BCUT2D eigenvalue weighted by molar-refractivity contribution is -0.116. The second-order valence-electron chi connectivity index (χ2n) is 11.7. The van der Waals surface area contributed by atoms with Crippen LogP contribution in [0.25, 0.3) is 20.8 Å². The number of thiazole rings is 1. The summed E-state index contributed by atoms with van der Waals surface area (Å²) >= 11 is 1.63. The molecule has 3 N–H and O–H groups in total. The van der Waals surface area contributed by atoms with Crippen LogP contribution in [0.1, 0.15) is 81.6 Å². The van der Waals surface area contributed by atoms with Crippen LogP contribution in [0.3, 0.4) is 0 Å². The van der Waals surface area contributed by atoms with Gasteiger partial charge in [0.25, 0.3) is 16.0 Å². The number of rotatable bonds is 9. The second kappa shape index (κ2) is 18.4. The predicted octanol–water partition coefficient (Wildman–Crippen LogP) is 8.16. The third kappa shape index (κ3) is 13.9. The van der Waals surface area contributed by atoms with E-state index in [9.17, 15) is 18.0 Å². The van der Waals surface area contributed by atoms with Gasteiger partial charge in [-0.15, -0.1) is 11.3 Å². The average molecular weight is 652 g/mol. The smallest absolute Gasteiger partial charge is 0.266 e. The summed E-state index contributed by atoms with van der Waals surface area (Å²) in [6.07, 6.45) is 9.78. The first kappa shape index (κ1) is 35.9. The van der Waals surface area contributed by atoms with Crippen molar-refractivity contribution in [3.05, 3.63) is 83.9 Å². The summed E-state index contributed by atoms with van der Waals surface area (Å²) in [6, 6.07) is 22.3. The molecule has 242 valence electrons. The Morgan fingerprint density at radius 1 is 0.867 bits per heavy atom. The van der Waals surface area contributed by atoms with Gasteiger partial charge in [-0.1, -0.05) is 83.6 Å². The van der Waals surface area contributed by atoms with Crippen molar-refractivity contribution in [2.75, 3.05) is 17.6 Å². The third-order valence-electron chi connectivity index (χ3n) is 6.71. The van der Waals surface area contributed by atoms with Gasteiger partial charge >= 0.3 is 0 Å². The molecule has 2 amide bonds. The van der Waals surface area contributed by atoms with Crippen molar-refractivity contribution < 1.29 is 22.6 Å². The summed E-state index contributed by atoms with van der Waals surface area (Å²) in [5, 5.41) is 6.25. The van der Waals surface area contributed by atoms with Crippen molar-refractivity contribution in [2.24, 2.45) is 5.92 Å². The minimum Gasteiger partial charge on any atom is -0.351 e. The van der Waals surface area contributed by atoms with Crippen LogP contribution in [0.5, 0.6) is 0 Å². The van der Waals surface area contributed by atoms with Crippen LogP contribution in [-0.2, 0) is 21.3 Å². The molecule has 1 saturated carbocycles. The molecule has 0 unspecified atom stereocenters. The van der Waals surface area contributed by atoms with Crippen LogP contribution in [0, 0.1) is 5.92 Å². The first-order chi connectivity index (χ1) is 21.5. The van der Waals surface area contributed by atoms with E-state index in [1.165, 1.54) is 38.5 Å². The van der Waals surface area contributed by atoms with Crippen molar-refractivity contribution in [2.45, 2.75) is 72.1 Å². The molecular weight excluding hydrogens is 607 g/mol. The lowest BCUT2D eigenvalue weighted by atomic mass is 10.0. The molecule has 3 aromatic carbocycles. The number of aryl methyl sites for hydroxylation is 1. The van der Waals surface area contributed by atoms with Gasteiger partial charge in [0, 0.05) is 29.8 Å². The number of para-hydroxylation sites is 1. The molecule has 4 aromatic rings. The van der Waals surface area contributed by atoms with E-state index in [0.717, 1.165) is 32.3 Å². The Morgan fingerprint density at radius 2 is 1.44 bits per heavy atom. The maximum absolute atomic E-state index is 12.4. The molecule has 0 radical (unpaired) electrons. The van der Waals surface area contributed by atoms with Gasteiger partial charge in [-0.05, 0) is 66.4 Å². The van der Waals surface area contributed by atoms with Crippen LogP contribution in [0.2, 0.25) is 0 Å². The quantitative estimate of drug-likeness (QED) is 0.157. The fourth-order valence-corrected chi connectivity index (χ4v) is 5.78. The second-order valence-corrected chi connectivity index (χ2v) is 14.3. The zero-order valence-corrected chi connectivity index (χ0v) is 28.1. The van der Waals surface area contributed by atoms with Gasteiger partial charge in [-0.3, -0.25) is 14.1 Å². The number of fused-ring (bicyclic) bond motifs is 1. The van der Waals surface area contributed by atoms with Gasteiger partial charge in [-0.25, -0.2) is 4.98 Å². The largest absolute Gasteiger partial charge is 0.351 e. The highest BCUT2D eigenvalue weighted by molar-refractivity contribution is 7.85. The number of aromatic nitrogens is 1. The van der Waals surface area contributed by atoms with Gasteiger partial charge in [0.1, 0.15) is 5.01 Å². The lowest BCUT2D eigenvalue weighted by Gasteiger charge is -2.07. The predicted molar refractivity (Wildman–Crippen MR) is 185 cm³/mol. The van der Waals surface area contributed by atoms with Gasteiger partial charge in [0.05, 0.1) is 16.0 Å². The molecule has 0 aliphatic heterocycles. The van der Waals surface area contributed by atoms with Crippen LogP contribution >= 0.6 is 11.3 Å². The highest BCUT2D eigenvalue weighted by atomic mass is 32.2. The van der Waals surface area contributed by atoms with Gasteiger partial charge in [0.15, 0.2) is 0 Å². The molecule has 45 heavy (non-hydrogen) atoms. The molecule has 0 spiro atoms. The summed E-state index contributed by atoms with van der Waals surface area (Å²) in [5.74, 6) is -0.270. The van der Waals surface area contributed by atoms with Gasteiger partial charge < -0.3 is 10.6 Å². The van der Waals surface area contributed by atoms with E-state index < -0.39 is 21.8 Å². The number of carbonyl (C=O) groups is 2. The molecule has 5 rings (SSSR count). The molecule has 10 heteroatoms. The minimum atomic E-state index is -4.12. The monoisotopic (exact) mass is 651 g/mol. The van der Waals surface area contributed by atoms with E-state index in [0.29, 0.717) is 17.7 Å². The van der Waals surface area contributed by atoms with Crippen molar-refractivity contribution in [3.8, 4) is 10.6 Å². The number of benzene rings is 3. The van der Waals surface area contributed by atoms with E-state index in [2.05, 4.69) is 36.4 Å². The highest BCUT2D eigenvalue weighted by Gasteiger charge is 2.10. The summed E-state index contributed by atoms with van der Waals surface area (Å²) in [7, 11) is -4.12. The Labute approximate surface area is 271 Å². The number of nitrogens with zero attached hydrogens (tertiary/aromatic N) is 1. The maximum atomic E-state index is 12.4.